The third-order valence-electron chi connectivity index (χ3n) is 6.77. The molecule has 2 aromatic heterocycles. The van der Waals surface area contributed by atoms with Crippen LogP contribution >= 0.6 is 0 Å². The molecule has 0 radical (unpaired) electrons. The molecule has 0 atom stereocenters. The quantitative estimate of drug-likeness (QED) is 0.274. The average molecular weight is 434 g/mol. The summed E-state index contributed by atoms with van der Waals surface area (Å²) in [6.45, 7) is 0. The van der Waals surface area contributed by atoms with Crippen molar-refractivity contribution in [3.05, 3.63) is 121 Å². The number of rotatable bonds is 2. The molecule has 0 aliphatic rings. The fourth-order valence-corrected chi connectivity index (χ4v) is 5.38. The zero-order valence-corrected chi connectivity index (χ0v) is 18.3. The van der Waals surface area contributed by atoms with Crippen molar-refractivity contribution in [2.45, 2.75) is 0 Å². The van der Waals surface area contributed by atoms with Gasteiger partial charge in [0.1, 0.15) is 11.6 Å². The molecule has 0 saturated heterocycles. The summed E-state index contributed by atoms with van der Waals surface area (Å²) >= 11 is 0. The molecule has 0 aliphatic carbocycles. The highest BCUT2D eigenvalue weighted by Crippen LogP contribution is 2.37. The molecule has 0 spiro atoms. The number of para-hydroxylation sites is 4. The van der Waals surface area contributed by atoms with Crippen molar-refractivity contribution >= 4 is 43.6 Å². The molecule has 0 saturated carbocycles. The lowest BCUT2D eigenvalue weighted by molar-refractivity contribution is 1.12. The van der Waals surface area contributed by atoms with Crippen LogP contribution in [0.25, 0.3) is 55.0 Å². The molecule has 0 N–H and O–H groups in total. The van der Waals surface area contributed by atoms with E-state index >= 15 is 0 Å². The molecule has 34 heavy (non-hydrogen) atoms. The Bertz CT molecular complexity index is 1690. The summed E-state index contributed by atoms with van der Waals surface area (Å²) in [5, 5.41) is 15.2. The van der Waals surface area contributed by atoms with E-state index in [0.29, 0.717) is 5.56 Å². The minimum atomic E-state index is 0.653. The normalized spacial score (nSPS) is 11.5. The topological polar surface area (TPSA) is 33.6 Å². The van der Waals surface area contributed by atoms with E-state index in [2.05, 4.69) is 130 Å². The first kappa shape index (κ1) is 18.7. The second kappa shape index (κ2) is 7.10. The van der Waals surface area contributed by atoms with Crippen LogP contribution < -0.4 is 0 Å². The summed E-state index contributed by atoms with van der Waals surface area (Å²) < 4.78 is 4.45. The summed E-state index contributed by atoms with van der Waals surface area (Å²) in [4.78, 5) is 0. The zero-order chi connectivity index (χ0) is 22.6. The Hall–Kier alpha value is -4.81. The lowest BCUT2D eigenvalue weighted by Crippen LogP contribution is -2.03. The predicted octanol–water partition coefficient (Wildman–Crippen LogP) is 7.75. The molecule has 3 nitrogen and oxygen atoms in total. The van der Waals surface area contributed by atoms with Gasteiger partial charge in [-0.2, -0.15) is 5.26 Å². The average Bonchev–Trinajstić information content (AvgIpc) is 3.41. The van der Waals surface area contributed by atoms with Gasteiger partial charge in [0.25, 0.3) is 0 Å². The number of benzene rings is 5. The van der Waals surface area contributed by atoms with E-state index in [4.69, 9.17) is 0 Å². The molecule has 0 fully saturated rings. The Labute approximate surface area is 196 Å². The van der Waals surface area contributed by atoms with Gasteiger partial charge < -0.3 is 9.13 Å². The van der Waals surface area contributed by atoms with Crippen molar-refractivity contribution in [3.63, 3.8) is 0 Å². The van der Waals surface area contributed by atoms with E-state index in [9.17, 15) is 5.26 Å². The van der Waals surface area contributed by atoms with Crippen molar-refractivity contribution in [2.24, 2.45) is 0 Å². The number of hydrogen-bond donors (Lipinski definition) is 0. The maximum Gasteiger partial charge on any atom is 0.104 e. The number of fused-ring (bicyclic) bond motifs is 6. The van der Waals surface area contributed by atoms with Gasteiger partial charge in [0.2, 0.25) is 0 Å². The van der Waals surface area contributed by atoms with Crippen LogP contribution in [0.1, 0.15) is 5.56 Å². The fourth-order valence-electron chi connectivity index (χ4n) is 5.38. The highest BCUT2D eigenvalue weighted by atomic mass is 15.0. The van der Waals surface area contributed by atoms with Crippen LogP contribution in [0.4, 0.5) is 0 Å². The molecule has 2 heterocycles. The SMILES string of the molecule is N#Cc1c(-n2c3ccccc3c3ccccc32)cccc1-n1c2ccccc2c2ccccc21. The molecule has 0 amide bonds. The third-order valence-corrected chi connectivity index (χ3v) is 6.77. The molecule has 7 rings (SSSR count). The van der Waals surface area contributed by atoms with E-state index in [0.717, 1.165) is 33.4 Å². The highest BCUT2D eigenvalue weighted by molar-refractivity contribution is 6.10. The second-order valence-electron chi connectivity index (χ2n) is 8.52. The Balaban J connectivity index is 1.63. The number of nitrogens with zero attached hydrogens (tertiary/aromatic N) is 3. The Morgan fingerprint density at radius 3 is 1.06 bits per heavy atom. The second-order valence-corrected chi connectivity index (χ2v) is 8.52. The first-order valence-electron chi connectivity index (χ1n) is 11.4. The molecule has 158 valence electrons. The van der Waals surface area contributed by atoms with Crippen molar-refractivity contribution in [1.29, 1.82) is 5.26 Å². The lowest BCUT2D eigenvalue weighted by atomic mass is 10.1. The predicted molar refractivity (Wildman–Crippen MR) is 140 cm³/mol. The van der Waals surface area contributed by atoms with Gasteiger partial charge >= 0.3 is 0 Å². The molecule has 5 aromatic carbocycles. The molecular weight excluding hydrogens is 414 g/mol. The van der Waals surface area contributed by atoms with Crippen LogP contribution in [-0.2, 0) is 0 Å². The largest absolute Gasteiger partial charge is 0.308 e. The van der Waals surface area contributed by atoms with Gasteiger partial charge in [-0.15, -0.1) is 0 Å². The lowest BCUT2D eigenvalue weighted by Gasteiger charge is -2.15. The van der Waals surface area contributed by atoms with E-state index in [1.54, 1.807) is 0 Å². The standard InChI is InChI=1S/C31H19N3/c32-20-25-30(33-26-14-5-1-10-21(26)22-11-2-6-15-27(22)33)18-9-19-31(25)34-28-16-7-3-12-23(28)24-13-4-8-17-29(24)34/h1-19H. The minimum absolute atomic E-state index is 0.653. The number of aromatic nitrogens is 2. The summed E-state index contributed by atoms with van der Waals surface area (Å²) in [5.74, 6) is 0. The Morgan fingerprint density at radius 2 is 0.735 bits per heavy atom. The monoisotopic (exact) mass is 433 g/mol. The molecular formula is C31H19N3. The first-order chi connectivity index (χ1) is 16.9. The summed E-state index contributed by atoms with van der Waals surface area (Å²) in [6.07, 6.45) is 0. The van der Waals surface area contributed by atoms with Crippen molar-refractivity contribution in [2.75, 3.05) is 0 Å². The van der Waals surface area contributed by atoms with Gasteiger partial charge in [0.05, 0.1) is 33.4 Å². The van der Waals surface area contributed by atoms with Crippen LogP contribution in [0.5, 0.6) is 0 Å². The molecule has 0 aliphatic heterocycles. The van der Waals surface area contributed by atoms with Crippen molar-refractivity contribution < 1.29 is 0 Å². The number of hydrogen-bond acceptors (Lipinski definition) is 1. The van der Waals surface area contributed by atoms with Gasteiger partial charge in [0, 0.05) is 21.5 Å². The minimum Gasteiger partial charge on any atom is -0.308 e. The summed E-state index contributed by atoms with van der Waals surface area (Å²) in [7, 11) is 0. The maximum absolute atomic E-state index is 10.5. The van der Waals surface area contributed by atoms with Gasteiger partial charge in [-0.3, -0.25) is 0 Å². The van der Waals surface area contributed by atoms with E-state index in [1.807, 2.05) is 0 Å². The van der Waals surface area contributed by atoms with E-state index in [-0.39, 0.29) is 0 Å². The summed E-state index contributed by atoms with van der Waals surface area (Å²) in [6, 6.07) is 42.3. The van der Waals surface area contributed by atoms with Crippen molar-refractivity contribution in [1.82, 2.24) is 9.13 Å². The fraction of sp³-hybridized carbons (Fsp3) is 0. The smallest absolute Gasteiger partial charge is 0.104 e. The maximum atomic E-state index is 10.5. The molecule has 3 heteroatoms. The van der Waals surface area contributed by atoms with Crippen LogP contribution in [0.3, 0.4) is 0 Å². The number of nitriles is 1. The summed E-state index contributed by atoms with van der Waals surface area (Å²) in [5.41, 5.74) is 6.82. The molecule has 0 unspecified atom stereocenters. The Morgan fingerprint density at radius 1 is 0.412 bits per heavy atom. The van der Waals surface area contributed by atoms with Gasteiger partial charge in [0.15, 0.2) is 0 Å². The van der Waals surface area contributed by atoms with Crippen LogP contribution in [0.15, 0.2) is 115 Å². The van der Waals surface area contributed by atoms with Gasteiger partial charge in [-0.05, 0) is 36.4 Å². The van der Waals surface area contributed by atoms with Crippen molar-refractivity contribution in [3.8, 4) is 17.4 Å². The van der Waals surface area contributed by atoms with Crippen LogP contribution in [-0.4, -0.2) is 9.13 Å². The van der Waals surface area contributed by atoms with Crippen LogP contribution in [0, 0.1) is 11.3 Å². The van der Waals surface area contributed by atoms with Gasteiger partial charge in [-0.1, -0.05) is 78.9 Å². The molecule has 0 bridgehead atoms. The first-order valence-corrected chi connectivity index (χ1v) is 11.4. The van der Waals surface area contributed by atoms with Gasteiger partial charge in [-0.25, -0.2) is 0 Å². The highest BCUT2D eigenvalue weighted by Gasteiger charge is 2.19. The molecule has 7 aromatic rings. The van der Waals surface area contributed by atoms with E-state index < -0.39 is 0 Å². The zero-order valence-electron chi connectivity index (χ0n) is 18.3. The third kappa shape index (κ3) is 2.45. The van der Waals surface area contributed by atoms with Crippen LogP contribution in [0.2, 0.25) is 0 Å². The van der Waals surface area contributed by atoms with E-state index in [1.165, 1.54) is 21.5 Å². The Kier molecular flexibility index (Phi) is 3.91.